The lowest BCUT2D eigenvalue weighted by atomic mass is 10.1. The molecule has 0 saturated carbocycles. The van der Waals surface area contributed by atoms with E-state index in [9.17, 15) is 5.26 Å². The Balaban J connectivity index is 0.00000208. The van der Waals surface area contributed by atoms with E-state index in [1.807, 2.05) is 48.8 Å². The van der Waals surface area contributed by atoms with E-state index in [1.54, 1.807) is 11.3 Å². The first-order valence-corrected chi connectivity index (χ1v) is 8.48. The number of benzene rings is 2. The zero-order chi connectivity index (χ0) is 16.1. The Hall–Kier alpha value is -2.06. The Morgan fingerprint density at radius 1 is 1.17 bits per heavy atom. The van der Waals surface area contributed by atoms with E-state index >= 15 is 0 Å². The molecule has 0 bridgehead atoms. The van der Waals surface area contributed by atoms with Crippen LogP contribution in [0.15, 0.2) is 53.9 Å². The lowest BCUT2D eigenvalue weighted by molar-refractivity contribution is 0.198. The van der Waals surface area contributed by atoms with E-state index in [0.717, 1.165) is 34.4 Å². The van der Waals surface area contributed by atoms with Crippen LogP contribution in [0.5, 0.6) is 5.75 Å². The summed E-state index contributed by atoms with van der Waals surface area (Å²) in [4.78, 5) is 0. The third kappa shape index (κ3) is 3.88. The fourth-order valence-electron chi connectivity index (χ4n) is 2.62. The van der Waals surface area contributed by atoms with Gasteiger partial charge >= 0.3 is 0 Å². The maximum atomic E-state index is 9.23. The summed E-state index contributed by atoms with van der Waals surface area (Å²) in [5, 5.41) is 15.4. The highest BCUT2D eigenvalue weighted by molar-refractivity contribution is 7.17. The van der Waals surface area contributed by atoms with Crippen LogP contribution in [0.2, 0.25) is 0 Å². The molecule has 3 nitrogen and oxygen atoms in total. The van der Waals surface area contributed by atoms with Gasteiger partial charge in [0.05, 0.1) is 16.3 Å². The van der Waals surface area contributed by atoms with Crippen LogP contribution in [0.4, 0.5) is 0 Å². The summed E-state index contributed by atoms with van der Waals surface area (Å²) in [5.41, 5.74) is 1.86. The fraction of sp³-hybridized carbons (Fsp3) is 0.211. The summed E-state index contributed by atoms with van der Waals surface area (Å²) in [6, 6.07) is 18.2. The highest BCUT2D eigenvalue weighted by Crippen LogP contribution is 2.36. The molecule has 0 radical (unpaired) electrons. The van der Waals surface area contributed by atoms with Gasteiger partial charge in [-0.25, -0.2) is 0 Å². The molecule has 3 aromatic rings. The topological polar surface area (TPSA) is 45.0 Å². The molecule has 0 saturated heterocycles. The number of nitrogens with one attached hydrogen (secondary N) is 1. The predicted molar refractivity (Wildman–Crippen MR) is 102 cm³/mol. The number of ether oxygens (including phenoxy) is 1. The average Bonchev–Trinajstić information content (AvgIpc) is 3.09. The van der Waals surface area contributed by atoms with E-state index in [2.05, 4.69) is 23.5 Å². The minimum absolute atomic E-state index is 0. The number of halogens is 1. The normalized spacial score (nSPS) is 11.5. The number of hydrogen-bond acceptors (Lipinski definition) is 4. The molecule has 0 aliphatic heterocycles. The third-order valence-electron chi connectivity index (χ3n) is 3.80. The molecule has 0 amide bonds. The fourth-order valence-corrected chi connectivity index (χ4v) is 3.49. The van der Waals surface area contributed by atoms with Crippen LogP contribution in [0.25, 0.3) is 10.1 Å². The molecule has 1 N–H and O–H groups in total. The van der Waals surface area contributed by atoms with Crippen molar-refractivity contribution in [1.29, 1.82) is 5.26 Å². The van der Waals surface area contributed by atoms with Crippen molar-refractivity contribution in [1.82, 2.24) is 5.32 Å². The number of nitriles is 1. The lowest BCUT2D eigenvalue weighted by Crippen LogP contribution is -2.16. The third-order valence-corrected chi connectivity index (χ3v) is 4.73. The van der Waals surface area contributed by atoms with E-state index in [4.69, 9.17) is 4.74 Å². The van der Waals surface area contributed by atoms with Gasteiger partial charge in [-0.15, -0.1) is 23.7 Å². The number of thiophene rings is 1. The van der Waals surface area contributed by atoms with Crippen LogP contribution in [0.3, 0.4) is 0 Å². The second-order valence-electron chi connectivity index (χ2n) is 5.30. The predicted octanol–water partition coefficient (Wildman–Crippen LogP) is 4.92. The first-order chi connectivity index (χ1) is 11.3. The minimum Gasteiger partial charge on any atom is -0.484 e. The number of fused-ring (bicyclic) bond motifs is 1. The van der Waals surface area contributed by atoms with Gasteiger partial charge in [0.2, 0.25) is 0 Å². The Kier molecular flexibility index (Phi) is 6.62. The van der Waals surface area contributed by atoms with Gasteiger partial charge in [0.25, 0.3) is 0 Å². The standard InChI is InChI=1S/C19H18N2OS.ClH/c1-21-11-9-17(14-5-3-2-4-6-14)22-18-8-7-15(13-20)16-10-12-23-19(16)18;/h2-8,10,12,17,21H,9,11H2,1H3;1H/t17-;/m1./s1. The molecule has 2 aromatic carbocycles. The molecule has 24 heavy (non-hydrogen) atoms. The summed E-state index contributed by atoms with van der Waals surface area (Å²) in [7, 11) is 1.95. The first kappa shape index (κ1) is 18.3. The Morgan fingerprint density at radius 3 is 2.67 bits per heavy atom. The lowest BCUT2D eigenvalue weighted by Gasteiger charge is -2.20. The Morgan fingerprint density at radius 2 is 1.96 bits per heavy atom. The van der Waals surface area contributed by atoms with Crippen LogP contribution >= 0.6 is 23.7 Å². The molecule has 1 atom stereocenters. The number of hydrogen-bond donors (Lipinski definition) is 1. The summed E-state index contributed by atoms with van der Waals surface area (Å²) < 4.78 is 7.37. The van der Waals surface area contributed by atoms with Gasteiger partial charge in [-0.1, -0.05) is 30.3 Å². The average molecular weight is 359 g/mol. The second kappa shape index (κ2) is 8.70. The van der Waals surface area contributed by atoms with Crippen molar-refractivity contribution < 1.29 is 4.74 Å². The van der Waals surface area contributed by atoms with Crippen molar-refractivity contribution in [2.45, 2.75) is 12.5 Å². The maximum Gasteiger partial charge on any atom is 0.138 e. The monoisotopic (exact) mass is 358 g/mol. The van der Waals surface area contributed by atoms with Gasteiger partial charge in [0.1, 0.15) is 11.9 Å². The van der Waals surface area contributed by atoms with Crippen LogP contribution in [0, 0.1) is 11.3 Å². The Bertz CT molecular complexity index is 826. The maximum absolute atomic E-state index is 9.23. The molecule has 5 heteroatoms. The molecule has 0 spiro atoms. The van der Waals surface area contributed by atoms with Crippen molar-refractivity contribution >= 4 is 33.8 Å². The highest BCUT2D eigenvalue weighted by atomic mass is 35.5. The van der Waals surface area contributed by atoms with Crippen molar-refractivity contribution in [3.05, 3.63) is 65.0 Å². The molecule has 0 aliphatic rings. The van der Waals surface area contributed by atoms with Gasteiger partial charge in [0, 0.05) is 11.8 Å². The molecular formula is C19H19ClN2OS. The highest BCUT2D eigenvalue weighted by Gasteiger charge is 2.16. The van der Waals surface area contributed by atoms with Crippen molar-refractivity contribution in [2.24, 2.45) is 0 Å². The summed E-state index contributed by atoms with van der Waals surface area (Å²) >= 11 is 1.61. The molecular weight excluding hydrogens is 340 g/mol. The van der Waals surface area contributed by atoms with Gasteiger partial charge < -0.3 is 10.1 Å². The minimum atomic E-state index is -0.0121. The first-order valence-electron chi connectivity index (χ1n) is 7.60. The molecule has 0 unspecified atom stereocenters. The van der Waals surface area contributed by atoms with Crippen LogP contribution in [-0.2, 0) is 0 Å². The van der Waals surface area contributed by atoms with E-state index in [1.165, 1.54) is 0 Å². The molecule has 0 aliphatic carbocycles. The van der Waals surface area contributed by atoms with Crippen LogP contribution in [-0.4, -0.2) is 13.6 Å². The summed E-state index contributed by atoms with van der Waals surface area (Å²) in [6.45, 7) is 0.878. The smallest absolute Gasteiger partial charge is 0.138 e. The molecule has 1 aromatic heterocycles. The molecule has 1 heterocycles. The Labute approximate surface area is 152 Å². The summed E-state index contributed by atoms with van der Waals surface area (Å²) in [5.74, 6) is 0.846. The van der Waals surface area contributed by atoms with E-state index < -0.39 is 0 Å². The van der Waals surface area contributed by atoms with Gasteiger partial charge in [-0.2, -0.15) is 5.26 Å². The van der Waals surface area contributed by atoms with Crippen molar-refractivity contribution in [3.8, 4) is 11.8 Å². The number of nitrogens with zero attached hydrogens (tertiary/aromatic N) is 1. The van der Waals surface area contributed by atoms with E-state index in [-0.39, 0.29) is 18.5 Å². The summed E-state index contributed by atoms with van der Waals surface area (Å²) in [6.07, 6.45) is 0.870. The molecule has 0 fully saturated rings. The van der Waals surface area contributed by atoms with Crippen LogP contribution < -0.4 is 10.1 Å². The van der Waals surface area contributed by atoms with E-state index in [0.29, 0.717) is 5.56 Å². The van der Waals surface area contributed by atoms with Crippen LogP contribution in [0.1, 0.15) is 23.7 Å². The number of rotatable bonds is 6. The zero-order valence-electron chi connectivity index (χ0n) is 13.4. The largest absolute Gasteiger partial charge is 0.484 e. The van der Waals surface area contributed by atoms with Gasteiger partial charge in [-0.05, 0) is 42.7 Å². The SMILES string of the molecule is CNCC[C@@H](Oc1ccc(C#N)c2ccsc12)c1ccccc1.Cl. The molecule has 124 valence electrons. The quantitative estimate of drug-likeness (QED) is 0.679. The zero-order valence-corrected chi connectivity index (χ0v) is 15.0. The second-order valence-corrected chi connectivity index (χ2v) is 6.21. The van der Waals surface area contributed by atoms with Crippen molar-refractivity contribution in [2.75, 3.05) is 13.6 Å². The molecule has 3 rings (SSSR count). The van der Waals surface area contributed by atoms with Gasteiger partial charge in [0.15, 0.2) is 0 Å². The van der Waals surface area contributed by atoms with Crippen molar-refractivity contribution in [3.63, 3.8) is 0 Å². The van der Waals surface area contributed by atoms with Gasteiger partial charge in [-0.3, -0.25) is 0 Å².